The number of carbonyl (C=O) groups is 2. The van der Waals surface area contributed by atoms with E-state index in [0.29, 0.717) is 31.4 Å². The molecule has 3 N–H and O–H groups in total. The molecule has 0 radical (unpaired) electrons. The number of hydrogen-bond donors (Lipinski definition) is 3. The van der Waals surface area contributed by atoms with Crippen LogP contribution in [0.2, 0.25) is 0 Å². The van der Waals surface area contributed by atoms with Gasteiger partial charge in [0.15, 0.2) is 0 Å². The van der Waals surface area contributed by atoms with E-state index in [2.05, 4.69) is 35.8 Å². The fraction of sp³-hybridized carbons (Fsp3) is 0.513. The summed E-state index contributed by atoms with van der Waals surface area (Å²) in [5.41, 5.74) is 3.47. The van der Waals surface area contributed by atoms with Gasteiger partial charge in [-0.15, -0.1) is 0 Å². The number of anilines is 1. The lowest BCUT2D eigenvalue weighted by atomic mass is 9.85. The number of pyridine rings is 1. The number of ether oxygens (including phenoxy) is 1. The summed E-state index contributed by atoms with van der Waals surface area (Å²) >= 11 is 0. The summed E-state index contributed by atoms with van der Waals surface area (Å²) in [5.74, 6) is 0.460. The molecule has 1 spiro atoms. The molecule has 3 fully saturated rings. The summed E-state index contributed by atoms with van der Waals surface area (Å²) in [5, 5.41) is 18.6. The van der Waals surface area contributed by atoms with Gasteiger partial charge in [0, 0.05) is 49.8 Å². The molecule has 2 aromatic carbocycles. The Morgan fingerprint density at radius 3 is 2.52 bits per heavy atom. The van der Waals surface area contributed by atoms with Crippen molar-refractivity contribution in [1.82, 2.24) is 15.2 Å². The van der Waals surface area contributed by atoms with Gasteiger partial charge in [-0.3, -0.25) is 14.4 Å². The zero-order valence-electron chi connectivity index (χ0n) is 28.0. The Kier molecular flexibility index (Phi) is 9.43. The van der Waals surface area contributed by atoms with Crippen molar-refractivity contribution in [2.75, 3.05) is 18.0 Å². The van der Waals surface area contributed by atoms with Crippen LogP contribution in [0.4, 0.5) is 5.69 Å². The van der Waals surface area contributed by atoms with Crippen molar-refractivity contribution in [3.05, 3.63) is 93.4 Å². The third kappa shape index (κ3) is 6.80. The lowest BCUT2D eigenvalue weighted by Crippen LogP contribution is -2.50. The molecule has 1 saturated heterocycles. The number of fused-ring (bicyclic) bond motifs is 1. The molecule has 2 aliphatic carbocycles. The van der Waals surface area contributed by atoms with Crippen molar-refractivity contribution in [1.29, 1.82) is 0 Å². The minimum Gasteiger partial charge on any atom is -0.487 e. The van der Waals surface area contributed by atoms with Crippen LogP contribution in [0, 0.1) is 6.92 Å². The average Bonchev–Trinajstić information content (AvgIpc) is 3.88. The first kappa shape index (κ1) is 32.6. The van der Waals surface area contributed by atoms with Gasteiger partial charge in [0.05, 0.1) is 17.7 Å². The molecular weight excluding hydrogens is 604 g/mol. The molecule has 4 aliphatic rings. The first-order valence-electron chi connectivity index (χ1n) is 17.9. The van der Waals surface area contributed by atoms with Gasteiger partial charge in [0.2, 0.25) is 5.91 Å². The van der Waals surface area contributed by atoms with Crippen LogP contribution in [-0.4, -0.2) is 52.3 Å². The highest BCUT2D eigenvalue weighted by Crippen LogP contribution is 2.47. The summed E-state index contributed by atoms with van der Waals surface area (Å²) in [4.78, 5) is 42.0. The Labute approximate surface area is 282 Å². The SMILES string of the molecule is Cc1ccc2c(c1)[C@@H](NC[C@@H](O)[C@H](Cc1ccccc1)NC(=O)c1cc(N3CCCC3=O)c(=O)n(C3CCCC3)c1)CC1(CCCC1)O2. The van der Waals surface area contributed by atoms with Crippen LogP contribution in [0.25, 0.3) is 0 Å². The van der Waals surface area contributed by atoms with Crippen LogP contribution in [-0.2, 0) is 11.2 Å². The van der Waals surface area contributed by atoms with Crippen LogP contribution in [0.3, 0.4) is 0 Å². The quantitative estimate of drug-likeness (QED) is 0.266. The van der Waals surface area contributed by atoms with Gasteiger partial charge in [-0.25, -0.2) is 0 Å². The summed E-state index contributed by atoms with van der Waals surface area (Å²) in [6.07, 6.45) is 11.3. The highest BCUT2D eigenvalue weighted by atomic mass is 16.5. The van der Waals surface area contributed by atoms with E-state index in [4.69, 9.17) is 4.74 Å². The topological polar surface area (TPSA) is 113 Å². The maximum absolute atomic E-state index is 14.1. The van der Waals surface area contributed by atoms with E-state index in [1.54, 1.807) is 16.8 Å². The number of amides is 2. The molecule has 0 unspecified atom stereocenters. The van der Waals surface area contributed by atoms with Crippen molar-refractivity contribution < 1.29 is 19.4 Å². The normalized spacial score (nSPS) is 21.7. The van der Waals surface area contributed by atoms with Gasteiger partial charge in [-0.1, -0.05) is 60.9 Å². The van der Waals surface area contributed by atoms with E-state index in [-0.39, 0.29) is 47.3 Å². The molecule has 2 amide bonds. The lowest BCUT2D eigenvalue weighted by molar-refractivity contribution is -0.117. The summed E-state index contributed by atoms with van der Waals surface area (Å²) in [6.45, 7) is 2.83. The average molecular weight is 653 g/mol. The Morgan fingerprint density at radius 1 is 1.02 bits per heavy atom. The van der Waals surface area contributed by atoms with Crippen LogP contribution in [0.1, 0.15) is 110 Å². The summed E-state index contributed by atoms with van der Waals surface area (Å²) in [7, 11) is 0. The third-order valence-corrected chi connectivity index (χ3v) is 11.0. The van der Waals surface area contributed by atoms with Crippen LogP contribution in [0.15, 0.2) is 65.6 Å². The number of aliphatic hydroxyl groups excluding tert-OH is 1. The molecular formula is C39H48N4O5. The first-order chi connectivity index (χ1) is 23.3. The molecule has 3 atom stereocenters. The second-order valence-electron chi connectivity index (χ2n) is 14.4. The number of aromatic nitrogens is 1. The van der Waals surface area contributed by atoms with Gasteiger partial charge >= 0.3 is 0 Å². The monoisotopic (exact) mass is 652 g/mol. The van der Waals surface area contributed by atoms with E-state index in [0.717, 1.165) is 80.2 Å². The van der Waals surface area contributed by atoms with Crippen LogP contribution >= 0.6 is 0 Å². The van der Waals surface area contributed by atoms with Crippen molar-refractivity contribution in [2.45, 2.75) is 114 Å². The number of rotatable bonds is 10. The van der Waals surface area contributed by atoms with Crippen molar-refractivity contribution in [3.8, 4) is 5.75 Å². The number of nitrogens with zero attached hydrogens (tertiary/aromatic N) is 2. The standard InChI is InChI=1S/C39H48N4O5/c1-26-15-16-35-30(20-26)32(23-39(48-35)17-7-8-18-39)40-24-34(44)31(21-27-10-3-2-4-11-27)41-37(46)28-22-33(42-19-9-14-36(42)45)38(47)43(25-28)29-12-5-6-13-29/h2-4,10-11,15-16,20,22,25,29,31-32,34,40,44H,5-9,12-14,17-19,21,23-24H2,1H3,(H,41,46)/t31-,32-,34+/m0/s1. The molecule has 1 aromatic heterocycles. The minimum atomic E-state index is -0.898. The van der Waals surface area contributed by atoms with E-state index >= 15 is 0 Å². The zero-order valence-corrected chi connectivity index (χ0v) is 28.0. The maximum atomic E-state index is 14.1. The van der Waals surface area contributed by atoms with E-state index < -0.39 is 12.1 Å². The van der Waals surface area contributed by atoms with Gasteiger partial charge < -0.3 is 29.9 Å². The fourth-order valence-corrected chi connectivity index (χ4v) is 8.37. The molecule has 9 heteroatoms. The number of nitrogens with one attached hydrogen (secondary N) is 2. The van der Waals surface area contributed by atoms with Crippen molar-refractivity contribution in [3.63, 3.8) is 0 Å². The van der Waals surface area contributed by atoms with Gasteiger partial charge in [-0.05, 0) is 76.0 Å². The molecule has 7 rings (SSSR count). The smallest absolute Gasteiger partial charge is 0.274 e. The zero-order chi connectivity index (χ0) is 33.3. The number of hydrogen-bond acceptors (Lipinski definition) is 6. The van der Waals surface area contributed by atoms with Gasteiger partial charge in [-0.2, -0.15) is 0 Å². The highest BCUT2D eigenvalue weighted by molar-refractivity contribution is 5.98. The van der Waals surface area contributed by atoms with E-state index in [1.165, 1.54) is 4.90 Å². The first-order valence-corrected chi connectivity index (χ1v) is 17.9. The minimum absolute atomic E-state index is 0.00533. The molecule has 48 heavy (non-hydrogen) atoms. The Hall–Kier alpha value is -3.95. The largest absolute Gasteiger partial charge is 0.487 e. The van der Waals surface area contributed by atoms with Crippen LogP contribution in [0.5, 0.6) is 5.75 Å². The molecule has 3 aromatic rings. The molecule has 0 bridgehead atoms. The van der Waals surface area contributed by atoms with E-state index in [1.807, 2.05) is 30.3 Å². The maximum Gasteiger partial charge on any atom is 0.274 e. The number of benzene rings is 2. The molecule has 2 saturated carbocycles. The Morgan fingerprint density at radius 2 is 1.79 bits per heavy atom. The lowest BCUT2D eigenvalue weighted by Gasteiger charge is -2.41. The molecule has 254 valence electrons. The van der Waals surface area contributed by atoms with E-state index in [9.17, 15) is 19.5 Å². The predicted octanol–water partition coefficient (Wildman–Crippen LogP) is 5.53. The van der Waals surface area contributed by atoms with Crippen molar-refractivity contribution >= 4 is 17.5 Å². The third-order valence-electron chi connectivity index (χ3n) is 11.0. The molecule has 2 aliphatic heterocycles. The summed E-state index contributed by atoms with van der Waals surface area (Å²) in [6, 6.07) is 17.2. The Balaban J connectivity index is 1.14. The van der Waals surface area contributed by atoms with Crippen LogP contribution < -0.4 is 25.8 Å². The molecule has 3 heterocycles. The number of aliphatic hydroxyl groups is 1. The predicted molar refractivity (Wildman–Crippen MR) is 186 cm³/mol. The molecule has 9 nitrogen and oxygen atoms in total. The summed E-state index contributed by atoms with van der Waals surface area (Å²) < 4.78 is 8.28. The van der Waals surface area contributed by atoms with Crippen molar-refractivity contribution in [2.24, 2.45) is 0 Å². The highest BCUT2D eigenvalue weighted by Gasteiger charge is 2.43. The second kappa shape index (κ2) is 13.9. The fourth-order valence-electron chi connectivity index (χ4n) is 8.37. The van der Waals surface area contributed by atoms with Gasteiger partial charge in [0.25, 0.3) is 11.5 Å². The second-order valence-corrected chi connectivity index (χ2v) is 14.4. The Bertz CT molecular complexity index is 1690. The van der Waals surface area contributed by atoms with Gasteiger partial charge in [0.1, 0.15) is 17.0 Å². The number of carbonyl (C=O) groups excluding carboxylic acids is 2. The number of aryl methyl sites for hydroxylation is 1.